The van der Waals surface area contributed by atoms with Crippen LogP contribution in [0.4, 0.5) is 0 Å². The van der Waals surface area contributed by atoms with Crippen LogP contribution in [-0.4, -0.2) is 35.6 Å². The predicted molar refractivity (Wildman–Crippen MR) is 113 cm³/mol. The van der Waals surface area contributed by atoms with Gasteiger partial charge in [-0.2, -0.15) is 0 Å². The predicted octanol–water partition coefficient (Wildman–Crippen LogP) is 4.70. The molecule has 0 saturated heterocycles. The molecule has 0 aliphatic heterocycles. The number of benzene rings is 2. The van der Waals surface area contributed by atoms with Crippen molar-refractivity contribution in [3.8, 4) is 11.5 Å². The third kappa shape index (κ3) is 6.25. The molecule has 0 bridgehead atoms. The van der Waals surface area contributed by atoms with Crippen LogP contribution in [-0.2, 0) is 5.41 Å². The van der Waals surface area contributed by atoms with Gasteiger partial charge in [-0.25, -0.2) is 0 Å². The summed E-state index contributed by atoms with van der Waals surface area (Å²) in [5.74, 6) is 1.54. The number of ether oxygens (including phenoxy) is 2. The first-order chi connectivity index (χ1) is 13.4. The second kappa shape index (κ2) is 10.5. The first kappa shape index (κ1) is 22.3. The Morgan fingerprint density at radius 1 is 0.750 bits per heavy atom. The van der Waals surface area contributed by atoms with Gasteiger partial charge in [-0.05, 0) is 48.2 Å². The van der Waals surface area contributed by atoms with Crippen molar-refractivity contribution in [1.82, 2.24) is 0 Å². The van der Waals surface area contributed by atoms with E-state index >= 15 is 0 Å². The minimum atomic E-state index is -0.431. The largest absolute Gasteiger partial charge is 0.491 e. The normalized spacial score (nSPS) is 13.8. The molecule has 2 N–H and O–H groups in total. The van der Waals surface area contributed by atoms with Gasteiger partial charge in [0.2, 0.25) is 0 Å². The molecular formula is C24H34O4. The number of aliphatic hydroxyl groups excluding tert-OH is 2. The molecule has 0 saturated carbocycles. The third-order valence-corrected chi connectivity index (χ3v) is 5.13. The van der Waals surface area contributed by atoms with Crippen LogP contribution >= 0.6 is 0 Å². The zero-order valence-corrected chi connectivity index (χ0v) is 17.5. The van der Waals surface area contributed by atoms with Crippen molar-refractivity contribution in [1.29, 1.82) is 0 Å². The van der Waals surface area contributed by atoms with Crippen LogP contribution in [0.1, 0.15) is 58.1 Å². The second-order valence-electron chi connectivity index (χ2n) is 7.80. The van der Waals surface area contributed by atoms with E-state index in [9.17, 15) is 10.2 Å². The number of rotatable bonds is 11. The van der Waals surface area contributed by atoms with Crippen molar-refractivity contribution >= 4 is 0 Å². The maximum absolute atomic E-state index is 9.80. The molecule has 0 spiro atoms. The lowest BCUT2D eigenvalue weighted by Gasteiger charge is -2.26. The quantitative estimate of drug-likeness (QED) is 0.588. The molecule has 2 aromatic carbocycles. The van der Waals surface area contributed by atoms with Gasteiger partial charge in [0, 0.05) is 5.41 Å². The van der Waals surface area contributed by atoms with Crippen molar-refractivity contribution in [2.45, 2.75) is 64.6 Å². The van der Waals surface area contributed by atoms with Crippen molar-refractivity contribution in [3.63, 3.8) is 0 Å². The van der Waals surface area contributed by atoms with E-state index in [0.717, 1.165) is 24.3 Å². The van der Waals surface area contributed by atoms with Crippen LogP contribution in [0.3, 0.4) is 0 Å². The monoisotopic (exact) mass is 386 g/mol. The van der Waals surface area contributed by atoms with Gasteiger partial charge in [0.1, 0.15) is 24.7 Å². The minimum absolute atomic E-state index is 0.165. The first-order valence-electron chi connectivity index (χ1n) is 10.2. The van der Waals surface area contributed by atoms with Gasteiger partial charge in [-0.3, -0.25) is 0 Å². The second-order valence-corrected chi connectivity index (χ2v) is 7.80. The van der Waals surface area contributed by atoms with Crippen molar-refractivity contribution in [3.05, 3.63) is 59.7 Å². The number of hydrogen-bond donors (Lipinski definition) is 2. The van der Waals surface area contributed by atoms with Crippen LogP contribution in [0.25, 0.3) is 0 Å². The molecular weight excluding hydrogens is 352 g/mol. The van der Waals surface area contributed by atoms with E-state index in [1.807, 2.05) is 38.1 Å². The van der Waals surface area contributed by atoms with Gasteiger partial charge in [-0.15, -0.1) is 0 Å². The van der Waals surface area contributed by atoms with E-state index in [4.69, 9.17) is 9.47 Å². The zero-order chi connectivity index (χ0) is 20.6. The van der Waals surface area contributed by atoms with Gasteiger partial charge in [-0.1, -0.05) is 58.4 Å². The average molecular weight is 387 g/mol. The first-order valence-corrected chi connectivity index (χ1v) is 10.2. The van der Waals surface area contributed by atoms with Crippen LogP contribution in [0.15, 0.2) is 48.5 Å². The summed E-state index contributed by atoms with van der Waals surface area (Å²) in [7, 11) is 0. The molecule has 28 heavy (non-hydrogen) atoms. The Bertz CT molecular complexity index is 692. The molecule has 4 nitrogen and oxygen atoms in total. The lowest BCUT2D eigenvalue weighted by molar-refractivity contribution is 0.0993. The Morgan fingerprint density at radius 2 is 1.18 bits per heavy atom. The highest BCUT2D eigenvalue weighted by molar-refractivity contribution is 5.41. The standard InChI is InChI=1S/C24H34O4/c1-5-7-21(26)17-28-23-14-10-19(11-15-23)24(3,4)18-8-12-22(13-9-18)27-16-20(25)6-2/h8-15,20-21,25-26H,5-7,16-17H2,1-4H3. The summed E-state index contributed by atoms with van der Waals surface area (Å²) in [4.78, 5) is 0. The highest BCUT2D eigenvalue weighted by Crippen LogP contribution is 2.33. The molecule has 0 fully saturated rings. The molecule has 0 aliphatic rings. The summed E-state index contributed by atoms with van der Waals surface area (Å²) in [6, 6.07) is 16.1. The molecule has 0 aliphatic carbocycles. The summed E-state index contributed by atoms with van der Waals surface area (Å²) in [5.41, 5.74) is 2.20. The van der Waals surface area contributed by atoms with E-state index in [2.05, 4.69) is 38.1 Å². The maximum Gasteiger partial charge on any atom is 0.119 e. The fraction of sp³-hybridized carbons (Fsp3) is 0.500. The van der Waals surface area contributed by atoms with Crippen molar-refractivity contribution in [2.24, 2.45) is 0 Å². The zero-order valence-electron chi connectivity index (χ0n) is 17.5. The van der Waals surface area contributed by atoms with E-state index in [1.54, 1.807) is 0 Å². The van der Waals surface area contributed by atoms with E-state index in [-0.39, 0.29) is 5.41 Å². The highest BCUT2D eigenvalue weighted by Gasteiger charge is 2.23. The molecule has 2 rings (SSSR count). The third-order valence-electron chi connectivity index (χ3n) is 5.13. The summed E-state index contributed by atoms with van der Waals surface area (Å²) in [6.45, 7) is 8.99. The minimum Gasteiger partial charge on any atom is -0.491 e. The molecule has 4 heteroatoms. The van der Waals surface area contributed by atoms with Crippen molar-refractivity contribution < 1.29 is 19.7 Å². The lowest BCUT2D eigenvalue weighted by Crippen LogP contribution is -2.19. The molecule has 2 atom stereocenters. The van der Waals surface area contributed by atoms with Gasteiger partial charge in [0.15, 0.2) is 0 Å². The van der Waals surface area contributed by atoms with Crippen LogP contribution < -0.4 is 9.47 Å². The van der Waals surface area contributed by atoms with Crippen molar-refractivity contribution in [2.75, 3.05) is 13.2 Å². The fourth-order valence-electron chi connectivity index (χ4n) is 3.02. The van der Waals surface area contributed by atoms with Gasteiger partial charge >= 0.3 is 0 Å². The Hall–Kier alpha value is -2.04. The Kier molecular flexibility index (Phi) is 8.34. The number of hydrogen-bond acceptors (Lipinski definition) is 4. The van der Waals surface area contributed by atoms with Gasteiger partial charge < -0.3 is 19.7 Å². The molecule has 2 unspecified atom stereocenters. The Balaban J connectivity index is 2.01. The molecule has 0 heterocycles. The lowest BCUT2D eigenvalue weighted by atomic mass is 9.78. The Morgan fingerprint density at radius 3 is 1.57 bits per heavy atom. The smallest absolute Gasteiger partial charge is 0.119 e. The average Bonchev–Trinajstić information content (AvgIpc) is 2.71. The van der Waals surface area contributed by atoms with Crippen LogP contribution in [0.2, 0.25) is 0 Å². The topological polar surface area (TPSA) is 58.9 Å². The summed E-state index contributed by atoms with van der Waals surface area (Å²) >= 11 is 0. The summed E-state index contributed by atoms with van der Waals surface area (Å²) in [6.07, 6.45) is 1.53. The van der Waals surface area contributed by atoms with Gasteiger partial charge in [0.25, 0.3) is 0 Å². The molecule has 0 amide bonds. The molecule has 0 aromatic heterocycles. The van der Waals surface area contributed by atoms with Gasteiger partial charge in [0.05, 0.1) is 12.2 Å². The SMILES string of the molecule is CCCC(O)COc1ccc(C(C)(C)c2ccc(OCC(O)CC)cc2)cc1. The Labute approximate surface area is 169 Å². The van der Waals surface area contributed by atoms with E-state index in [1.165, 1.54) is 11.1 Å². The van der Waals surface area contributed by atoms with Crippen LogP contribution in [0.5, 0.6) is 11.5 Å². The summed E-state index contributed by atoms with van der Waals surface area (Å²) in [5, 5.41) is 19.4. The highest BCUT2D eigenvalue weighted by atomic mass is 16.5. The molecule has 2 aromatic rings. The summed E-state index contributed by atoms with van der Waals surface area (Å²) < 4.78 is 11.3. The van der Waals surface area contributed by atoms with E-state index in [0.29, 0.717) is 19.6 Å². The van der Waals surface area contributed by atoms with Crippen LogP contribution in [0, 0.1) is 0 Å². The number of aliphatic hydroxyl groups is 2. The molecule has 0 radical (unpaired) electrons. The maximum atomic E-state index is 9.80. The van der Waals surface area contributed by atoms with E-state index < -0.39 is 12.2 Å². The molecule has 154 valence electrons. The fourth-order valence-corrected chi connectivity index (χ4v) is 3.02.